The van der Waals surface area contributed by atoms with E-state index in [1.54, 1.807) is 0 Å². The minimum atomic E-state index is -6.72. The molecule has 0 fully saturated rings. The normalized spacial score (nSPS) is 13.7. The van der Waals surface area contributed by atoms with Crippen molar-refractivity contribution < 1.29 is 47.7 Å². The van der Waals surface area contributed by atoms with Crippen LogP contribution in [-0.4, -0.2) is 35.2 Å². The molecule has 0 spiro atoms. The van der Waals surface area contributed by atoms with Crippen LogP contribution in [0, 0.1) is 6.92 Å². The standard InChI is InChI=1S/C9H15ClNSi.C2F6NO4S2/c1-9-6-4-5-7-11(9)8-12(2,3)10;3-1(4,5)14(10,11)9-15(12,13)2(6,7)8/h4-7H,8H2,1-3H3;/q+1;-1. The summed E-state index contributed by atoms with van der Waals surface area (Å²) in [5.74, 6) is 0. The first kappa shape index (κ1) is 26.1. The summed E-state index contributed by atoms with van der Waals surface area (Å²) < 4.78 is 111. The largest absolute Gasteiger partial charge is 0.480 e. The third-order valence-electron chi connectivity index (χ3n) is 2.50. The zero-order chi connectivity index (χ0) is 21.9. The molecule has 6 nitrogen and oxygen atoms in total. The highest BCUT2D eigenvalue weighted by molar-refractivity contribution is 8.13. The van der Waals surface area contributed by atoms with Gasteiger partial charge >= 0.3 is 11.0 Å². The van der Waals surface area contributed by atoms with Gasteiger partial charge in [0.25, 0.3) is 0 Å². The topological polar surface area (TPSA) is 86.3 Å². The summed E-state index contributed by atoms with van der Waals surface area (Å²) in [7, 11) is -14.9. The zero-order valence-electron chi connectivity index (χ0n) is 14.0. The fourth-order valence-electron chi connectivity index (χ4n) is 1.36. The molecule has 0 aromatic carbocycles. The van der Waals surface area contributed by atoms with E-state index in [1.165, 1.54) is 5.69 Å². The predicted molar refractivity (Wildman–Crippen MR) is 88.0 cm³/mol. The lowest BCUT2D eigenvalue weighted by atomic mass is 10.4. The highest BCUT2D eigenvalue weighted by Crippen LogP contribution is 2.36. The molecule has 0 aliphatic carbocycles. The van der Waals surface area contributed by atoms with Gasteiger partial charge in [-0.1, -0.05) is 19.2 Å². The van der Waals surface area contributed by atoms with Gasteiger partial charge in [-0.15, -0.1) is 0 Å². The predicted octanol–water partition coefficient (Wildman–Crippen LogP) is 3.32. The number of hydrogen-bond donors (Lipinski definition) is 0. The summed E-state index contributed by atoms with van der Waals surface area (Å²) in [5.41, 5.74) is -11.1. The van der Waals surface area contributed by atoms with Crippen LogP contribution in [0.15, 0.2) is 24.4 Å². The first-order valence-corrected chi connectivity index (χ1v) is 13.8. The van der Waals surface area contributed by atoms with E-state index in [0.29, 0.717) is 0 Å². The number of hydrogen-bond acceptors (Lipinski definition) is 4. The molecule has 0 saturated heterocycles. The Morgan fingerprint density at radius 2 is 1.41 bits per heavy atom. The molecule has 1 rings (SSSR count). The molecular formula is C11H15ClF6N2O4S2Si. The van der Waals surface area contributed by atoms with Gasteiger partial charge in [-0.3, -0.25) is 0 Å². The molecule has 0 unspecified atom stereocenters. The van der Waals surface area contributed by atoms with Crippen molar-refractivity contribution in [1.82, 2.24) is 0 Å². The van der Waals surface area contributed by atoms with Gasteiger partial charge in [-0.05, 0) is 0 Å². The minimum Gasteiger partial charge on any atom is -0.421 e. The Bertz CT molecular complexity index is 809. The Morgan fingerprint density at radius 1 is 1.00 bits per heavy atom. The van der Waals surface area contributed by atoms with Crippen molar-refractivity contribution in [3.05, 3.63) is 34.2 Å². The molecular weight excluding hydrogens is 466 g/mol. The SMILES string of the molecule is Cc1cccc[n+]1C[Si](C)(C)Cl.O=S(=O)([N-]S(=O)(=O)C(F)(F)F)C(F)(F)F. The lowest BCUT2D eigenvalue weighted by Crippen LogP contribution is -2.46. The van der Waals surface area contributed by atoms with E-state index in [0.717, 1.165) is 10.3 Å². The van der Waals surface area contributed by atoms with E-state index in [-0.39, 0.29) is 0 Å². The molecule has 0 aliphatic heterocycles. The number of sulfonamides is 2. The van der Waals surface area contributed by atoms with Gasteiger partial charge < -0.3 is 4.13 Å². The molecule has 1 heterocycles. The van der Waals surface area contributed by atoms with Crippen molar-refractivity contribution >= 4 is 38.5 Å². The van der Waals surface area contributed by atoms with Crippen molar-refractivity contribution in [2.75, 3.05) is 0 Å². The van der Waals surface area contributed by atoms with E-state index in [4.69, 9.17) is 11.1 Å². The Labute approximate surface area is 158 Å². The van der Waals surface area contributed by atoms with Crippen molar-refractivity contribution in [3.8, 4) is 0 Å². The van der Waals surface area contributed by atoms with Gasteiger partial charge in [0, 0.05) is 19.1 Å². The van der Waals surface area contributed by atoms with E-state index >= 15 is 0 Å². The van der Waals surface area contributed by atoms with Crippen molar-refractivity contribution in [2.45, 2.75) is 37.2 Å². The summed E-state index contributed by atoms with van der Waals surface area (Å²) >= 11 is 6.26. The van der Waals surface area contributed by atoms with Crippen molar-refractivity contribution in [2.24, 2.45) is 0 Å². The fourth-order valence-corrected chi connectivity index (χ4v) is 4.62. The third-order valence-corrected chi connectivity index (χ3v) is 6.69. The highest BCUT2D eigenvalue weighted by atomic mass is 35.6. The first-order valence-electron chi connectivity index (χ1n) is 6.70. The molecule has 1 aromatic heterocycles. The number of nitrogens with zero attached hydrogens (tertiary/aromatic N) is 2. The lowest BCUT2D eigenvalue weighted by Gasteiger charge is -2.22. The number of aryl methyl sites for hydroxylation is 1. The zero-order valence-corrected chi connectivity index (χ0v) is 17.4. The number of rotatable bonds is 4. The maximum absolute atomic E-state index is 11.4. The molecule has 0 bridgehead atoms. The second-order valence-corrected chi connectivity index (χ2v) is 15.9. The number of pyridine rings is 1. The second kappa shape index (κ2) is 8.63. The van der Waals surface area contributed by atoms with Gasteiger partial charge in [-0.25, -0.2) is 21.4 Å². The Hall–Kier alpha value is -0.903. The molecule has 27 heavy (non-hydrogen) atoms. The summed E-state index contributed by atoms with van der Waals surface area (Å²) in [6.07, 6.45) is 3.08. The average Bonchev–Trinajstić information content (AvgIpc) is 2.37. The van der Waals surface area contributed by atoms with Crippen LogP contribution in [0.4, 0.5) is 26.3 Å². The quantitative estimate of drug-likeness (QED) is 0.286. The fraction of sp³-hybridized carbons (Fsp3) is 0.545. The molecule has 0 N–H and O–H groups in total. The summed E-state index contributed by atoms with van der Waals surface area (Å²) in [6.45, 7) is 6.43. The summed E-state index contributed by atoms with van der Waals surface area (Å²) in [5, 5.41) is 0. The van der Waals surface area contributed by atoms with Crippen LogP contribution in [0.5, 0.6) is 0 Å². The molecule has 0 atom stereocenters. The number of aromatic nitrogens is 1. The van der Waals surface area contributed by atoms with E-state index in [1.807, 2.05) is 6.07 Å². The van der Waals surface area contributed by atoms with E-state index < -0.39 is 38.4 Å². The molecule has 0 aliphatic rings. The van der Waals surface area contributed by atoms with Crippen molar-refractivity contribution in [3.63, 3.8) is 0 Å². The summed E-state index contributed by atoms with van der Waals surface area (Å²) in [4.78, 5) is 0. The second-order valence-electron chi connectivity index (χ2n) is 5.60. The highest BCUT2D eigenvalue weighted by Gasteiger charge is 2.46. The number of alkyl halides is 6. The first-order chi connectivity index (χ1) is 11.7. The van der Waals surface area contributed by atoms with Gasteiger partial charge in [0.2, 0.25) is 7.38 Å². The van der Waals surface area contributed by atoms with E-state index in [9.17, 15) is 43.2 Å². The maximum Gasteiger partial charge on any atom is 0.480 e. The van der Waals surface area contributed by atoms with Gasteiger partial charge in [-0.2, -0.15) is 37.4 Å². The maximum atomic E-state index is 11.4. The average molecular weight is 481 g/mol. The van der Waals surface area contributed by atoms with Gasteiger partial charge in [0.05, 0.1) is 0 Å². The van der Waals surface area contributed by atoms with Crippen LogP contribution >= 0.6 is 11.1 Å². The summed E-state index contributed by atoms with van der Waals surface area (Å²) in [6, 6.07) is 6.20. The van der Waals surface area contributed by atoms with Crippen LogP contribution in [0.1, 0.15) is 5.69 Å². The van der Waals surface area contributed by atoms with Crippen LogP contribution in [0.3, 0.4) is 0 Å². The molecule has 0 amide bonds. The number of halogens is 7. The molecule has 16 heteroatoms. The van der Waals surface area contributed by atoms with Crippen LogP contribution in [-0.2, 0) is 26.2 Å². The van der Waals surface area contributed by atoms with Gasteiger partial charge in [0.1, 0.15) is 6.17 Å². The van der Waals surface area contributed by atoms with Crippen LogP contribution in [0.2, 0.25) is 13.1 Å². The third kappa shape index (κ3) is 8.76. The van der Waals surface area contributed by atoms with E-state index in [2.05, 4.69) is 42.9 Å². The lowest BCUT2D eigenvalue weighted by molar-refractivity contribution is -0.686. The van der Waals surface area contributed by atoms with Crippen LogP contribution < -0.4 is 4.57 Å². The van der Waals surface area contributed by atoms with Crippen LogP contribution in [0.25, 0.3) is 4.13 Å². The van der Waals surface area contributed by atoms with Crippen molar-refractivity contribution in [1.29, 1.82) is 0 Å². The Kier molecular flexibility index (Phi) is 8.34. The minimum absolute atomic E-state index is 0.778. The smallest absolute Gasteiger partial charge is 0.421 e. The molecule has 0 saturated carbocycles. The Balaban J connectivity index is 0.000000511. The monoisotopic (exact) mass is 480 g/mol. The molecule has 158 valence electrons. The molecule has 0 radical (unpaired) electrons. The van der Waals surface area contributed by atoms with Gasteiger partial charge in [0.15, 0.2) is 31.9 Å². The molecule has 1 aromatic rings. The Morgan fingerprint density at radius 3 is 1.70 bits per heavy atom.